The Bertz CT molecular complexity index is 871. The van der Waals surface area contributed by atoms with E-state index in [0.717, 1.165) is 28.3 Å². The first-order valence-corrected chi connectivity index (χ1v) is 9.05. The minimum Gasteiger partial charge on any atom is -0.428 e. The summed E-state index contributed by atoms with van der Waals surface area (Å²) in [7, 11) is 0. The van der Waals surface area contributed by atoms with E-state index >= 15 is 0 Å². The molecule has 0 fully saturated rings. The SMILES string of the molecule is C=CC(=O)O/C(C)=C/C=C(\C=C)c1ccc(-c2cc(N)cc(N)c2)cc1.CC. The average molecular weight is 377 g/mol. The van der Waals surface area contributed by atoms with Crippen molar-refractivity contribution in [3.05, 3.63) is 91.2 Å². The normalized spacial score (nSPS) is 11.1. The lowest BCUT2D eigenvalue weighted by Gasteiger charge is -2.07. The smallest absolute Gasteiger partial charge is 0.335 e. The third-order valence-corrected chi connectivity index (χ3v) is 3.67. The third-order valence-electron chi connectivity index (χ3n) is 3.67. The van der Waals surface area contributed by atoms with Gasteiger partial charge in [-0.2, -0.15) is 0 Å². The highest BCUT2D eigenvalue weighted by molar-refractivity contribution is 5.82. The fraction of sp³-hybridized carbons (Fsp3) is 0.125. The van der Waals surface area contributed by atoms with Crippen molar-refractivity contribution in [1.82, 2.24) is 0 Å². The number of anilines is 2. The van der Waals surface area contributed by atoms with E-state index in [9.17, 15) is 4.79 Å². The predicted octanol–water partition coefficient (Wildman–Crippen LogP) is 5.75. The molecule has 2 aromatic carbocycles. The van der Waals surface area contributed by atoms with Crippen molar-refractivity contribution in [2.24, 2.45) is 0 Å². The van der Waals surface area contributed by atoms with Crippen LogP contribution < -0.4 is 11.5 Å². The highest BCUT2D eigenvalue weighted by Crippen LogP contribution is 2.26. The zero-order valence-corrected chi connectivity index (χ0v) is 16.7. The monoisotopic (exact) mass is 376 g/mol. The van der Waals surface area contributed by atoms with Crippen LogP contribution in [0, 0.1) is 0 Å². The van der Waals surface area contributed by atoms with Gasteiger partial charge in [-0.1, -0.05) is 63.4 Å². The summed E-state index contributed by atoms with van der Waals surface area (Å²) in [6.45, 7) is 12.9. The molecule has 0 saturated heterocycles. The van der Waals surface area contributed by atoms with E-state index in [2.05, 4.69) is 13.2 Å². The van der Waals surface area contributed by atoms with Gasteiger partial charge in [0.1, 0.15) is 5.76 Å². The van der Waals surface area contributed by atoms with Crippen LogP contribution in [0.3, 0.4) is 0 Å². The molecule has 4 nitrogen and oxygen atoms in total. The minimum absolute atomic E-state index is 0.473. The van der Waals surface area contributed by atoms with Crippen molar-refractivity contribution < 1.29 is 9.53 Å². The molecule has 0 unspecified atom stereocenters. The van der Waals surface area contributed by atoms with E-state index in [1.165, 1.54) is 0 Å². The van der Waals surface area contributed by atoms with Gasteiger partial charge < -0.3 is 16.2 Å². The van der Waals surface area contributed by atoms with Gasteiger partial charge in [-0.25, -0.2) is 4.79 Å². The molecule has 0 saturated carbocycles. The van der Waals surface area contributed by atoms with E-state index < -0.39 is 5.97 Å². The van der Waals surface area contributed by atoms with Crippen molar-refractivity contribution in [3.8, 4) is 11.1 Å². The Hall–Kier alpha value is -3.53. The van der Waals surface area contributed by atoms with Gasteiger partial charge in [0.2, 0.25) is 0 Å². The second-order valence-corrected chi connectivity index (χ2v) is 5.69. The van der Waals surface area contributed by atoms with Crippen molar-refractivity contribution in [2.75, 3.05) is 11.5 Å². The number of hydrogen-bond donors (Lipinski definition) is 2. The molecule has 0 bridgehead atoms. The number of allylic oxidation sites excluding steroid dienone is 5. The lowest BCUT2D eigenvalue weighted by molar-refractivity contribution is -0.133. The van der Waals surface area contributed by atoms with Crippen LogP contribution >= 0.6 is 0 Å². The number of carbonyl (C=O) groups excluding carboxylic acids is 1. The van der Waals surface area contributed by atoms with E-state index in [4.69, 9.17) is 16.2 Å². The molecule has 0 atom stereocenters. The maximum atomic E-state index is 11.2. The Labute approximate surface area is 167 Å². The fourth-order valence-electron chi connectivity index (χ4n) is 2.42. The van der Waals surface area contributed by atoms with E-state index in [1.807, 2.05) is 56.3 Å². The van der Waals surface area contributed by atoms with Crippen LogP contribution in [0.15, 0.2) is 85.7 Å². The summed E-state index contributed by atoms with van der Waals surface area (Å²) in [5.74, 6) is -0.0147. The molecular weight excluding hydrogens is 348 g/mol. The number of nitrogen functional groups attached to an aromatic ring is 2. The topological polar surface area (TPSA) is 78.3 Å². The number of hydrogen-bond acceptors (Lipinski definition) is 4. The highest BCUT2D eigenvalue weighted by Gasteiger charge is 2.03. The molecular formula is C24H28N2O2. The number of esters is 1. The van der Waals surface area contributed by atoms with Crippen molar-refractivity contribution in [1.29, 1.82) is 0 Å². The molecule has 0 radical (unpaired) electrons. The molecule has 2 rings (SSSR count). The molecule has 0 spiro atoms. The summed E-state index contributed by atoms with van der Waals surface area (Å²) in [6, 6.07) is 13.5. The van der Waals surface area contributed by atoms with Gasteiger partial charge in [-0.05, 0) is 53.5 Å². The lowest BCUT2D eigenvalue weighted by Crippen LogP contribution is -1.96. The van der Waals surface area contributed by atoms with Gasteiger partial charge in [0.25, 0.3) is 0 Å². The Balaban J connectivity index is 0.00000190. The van der Waals surface area contributed by atoms with Gasteiger partial charge in [-0.3, -0.25) is 0 Å². The lowest BCUT2D eigenvalue weighted by atomic mass is 9.99. The number of ether oxygens (including phenoxy) is 1. The number of carbonyl (C=O) groups is 1. The van der Waals surface area contributed by atoms with Crippen LogP contribution in [0.5, 0.6) is 0 Å². The Morgan fingerprint density at radius 1 is 0.893 bits per heavy atom. The zero-order chi connectivity index (χ0) is 21.1. The molecule has 146 valence electrons. The van der Waals surface area contributed by atoms with Crippen LogP contribution in [0.25, 0.3) is 16.7 Å². The van der Waals surface area contributed by atoms with Gasteiger partial charge in [0.15, 0.2) is 0 Å². The third kappa shape index (κ3) is 6.65. The molecule has 0 aliphatic rings. The maximum absolute atomic E-state index is 11.2. The molecule has 4 heteroatoms. The quantitative estimate of drug-likeness (QED) is 0.221. The summed E-state index contributed by atoms with van der Waals surface area (Å²) < 4.78 is 5.03. The Morgan fingerprint density at radius 3 is 1.96 bits per heavy atom. The summed E-state index contributed by atoms with van der Waals surface area (Å²) >= 11 is 0. The average Bonchev–Trinajstić information content (AvgIpc) is 2.69. The van der Waals surface area contributed by atoms with Crippen molar-refractivity contribution >= 4 is 22.9 Å². The summed E-state index contributed by atoms with van der Waals surface area (Å²) in [6.07, 6.45) is 6.42. The van der Waals surface area contributed by atoms with Gasteiger partial charge in [-0.15, -0.1) is 0 Å². The largest absolute Gasteiger partial charge is 0.428 e. The number of benzene rings is 2. The van der Waals surface area contributed by atoms with Gasteiger partial charge >= 0.3 is 5.97 Å². The first-order valence-electron chi connectivity index (χ1n) is 9.05. The predicted molar refractivity (Wildman–Crippen MR) is 120 cm³/mol. The Morgan fingerprint density at radius 2 is 1.46 bits per heavy atom. The Kier molecular flexibility index (Phi) is 9.04. The molecule has 4 N–H and O–H groups in total. The van der Waals surface area contributed by atoms with E-state index in [-0.39, 0.29) is 0 Å². The van der Waals surface area contributed by atoms with Gasteiger partial charge in [0.05, 0.1) is 0 Å². The summed E-state index contributed by atoms with van der Waals surface area (Å²) in [5.41, 5.74) is 16.8. The maximum Gasteiger partial charge on any atom is 0.335 e. The van der Waals surface area contributed by atoms with E-state index in [1.54, 1.807) is 25.1 Å². The summed E-state index contributed by atoms with van der Waals surface area (Å²) in [4.78, 5) is 11.2. The minimum atomic E-state index is -0.488. The summed E-state index contributed by atoms with van der Waals surface area (Å²) in [5, 5.41) is 0. The molecule has 2 aromatic rings. The van der Waals surface area contributed by atoms with Crippen LogP contribution in [-0.4, -0.2) is 5.97 Å². The fourth-order valence-corrected chi connectivity index (χ4v) is 2.42. The first-order chi connectivity index (χ1) is 13.4. The molecule has 0 aromatic heterocycles. The van der Waals surface area contributed by atoms with Gasteiger partial charge in [0, 0.05) is 17.5 Å². The number of nitrogens with two attached hydrogens (primary N) is 2. The molecule has 0 heterocycles. The second kappa shape index (κ2) is 11.2. The molecule has 0 amide bonds. The van der Waals surface area contributed by atoms with E-state index in [0.29, 0.717) is 17.1 Å². The van der Waals surface area contributed by atoms with Crippen LogP contribution in [0.4, 0.5) is 11.4 Å². The first kappa shape index (κ1) is 22.5. The van der Waals surface area contributed by atoms with Crippen LogP contribution in [-0.2, 0) is 9.53 Å². The van der Waals surface area contributed by atoms with Crippen LogP contribution in [0.2, 0.25) is 0 Å². The van der Waals surface area contributed by atoms with Crippen LogP contribution in [0.1, 0.15) is 26.3 Å². The molecule has 0 aliphatic carbocycles. The molecule has 28 heavy (non-hydrogen) atoms. The standard InChI is InChI=1S/C22H22N2O2.C2H6/c1-4-16(7-6-15(3)26-22(25)5-2)17-8-10-18(11-9-17)19-12-20(23)14-21(24)13-19;1-2/h4-14H,1-2,23-24H2,3H3;1-2H3/b15-6+,16-7+;. The number of rotatable bonds is 6. The highest BCUT2D eigenvalue weighted by atomic mass is 16.5. The van der Waals surface area contributed by atoms with Crippen molar-refractivity contribution in [3.63, 3.8) is 0 Å². The molecule has 0 aliphatic heterocycles. The zero-order valence-electron chi connectivity index (χ0n) is 16.7. The second-order valence-electron chi connectivity index (χ2n) is 5.69. The van der Waals surface area contributed by atoms with Crippen molar-refractivity contribution in [2.45, 2.75) is 20.8 Å².